The highest BCUT2D eigenvalue weighted by Crippen LogP contribution is 2.40. The van der Waals surface area contributed by atoms with Crippen molar-refractivity contribution in [1.82, 2.24) is 0 Å². The first-order chi connectivity index (χ1) is 8.63. The number of carboxylic acid groups (broad SMARTS) is 1. The quantitative estimate of drug-likeness (QED) is 0.858. The van der Waals surface area contributed by atoms with E-state index in [9.17, 15) is 4.79 Å². The summed E-state index contributed by atoms with van der Waals surface area (Å²) in [6, 6.07) is 7.85. The molecule has 5 heteroatoms. The van der Waals surface area contributed by atoms with Crippen molar-refractivity contribution in [1.29, 1.82) is 0 Å². The zero-order valence-electron chi connectivity index (χ0n) is 10.1. The van der Waals surface area contributed by atoms with Gasteiger partial charge >= 0.3 is 5.97 Å². The largest absolute Gasteiger partial charge is 0.480 e. The van der Waals surface area contributed by atoms with Crippen LogP contribution in [0, 0.1) is 0 Å². The highest BCUT2D eigenvalue weighted by molar-refractivity contribution is 8.02. The van der Waals surface area contributed by atoms with E-state index in [-0.39, 0.29) is 11.8 Å². The summed E-state index contributed by atoms with van der Waals surface area (Å²) >= 11 is 7.20. The van der Waals surface area contributed by atoms with Gasteiger partial charge in [0.15, 0.2) is 0 Å². The number of para-hydroxylation sites is 1. The fourth-order valence-corrected chi connectivity index (χ4v) is 3.79. The molecule has 0 fully saturated rings. The Hall–Kier alpha value is -1.07. The van der Waals surface area contributed by atoms with Gasteiger partial charge in [0.05, 0.1) is 15.9 Å². The lowest BCUT2D eigenvalue weighted by atomic mass is 10.2. The minimum atomic E-state index is -0.852. The van der Waals surface area contributed by atoms with Crippen molar-refractivity contribution >= 4 is 40.6 Å². The van der Waals surface area contributed by atoms with Crippen LogP contribution < -0.4 is 4.90 Å². The molecule has 0 amide bonds. The maximum atomic E-state index is 11.0. The molecular weight excluding hydrogens is 266 g/mol. The maximum absolute atomic E-state index is 11.0. The van der Waals surface area contributed by atoms with E-state index in [1.807, 2.05) is 24.3 Å². The number of benzene rings is 1. The average molecular weight is 281 g/mol. The summed E-state index contributed by atoms with van der Waals surface area (Å²) in [4.78, 5) is 14.6. The van der Waals surface area contributed by atoms with E-state index in [0.29, 0.717) is 0 Å². The second-order valence-electron chi connectivity index (χ2n) is 4.18. The Balaban J connectivity index is 2.35. The number of rotatable bonds is 4. The molecule has 0 radical (unpaired) electrons. The Morgan fingerprint density at radius 2 is 2.22 bits per heavy atom. The molecule has 1 aromatic carbocycles. The van der Waals surface area contributed by atoms with Crippen molar-refractivity contribution in [2.75, 3.05) is 11.4 Å². The van der Waals surface area contributed by atoms with E-state index in [0.717, 1.165) is 28.4 Å². The predicted octanol–water partition coefficient (Wildman–Crippen LogP) is 3.18. The Kier molecular flexibility index (Phi) is 4.24. The fourth-order valence-electron chi connectivity index (χ4n) is 2.02. The van der Waals surface area contributed by atoms with Crippen LogP contribution >= 0.6 is 24.0 Å². The highest BCUT2D eigenvalue weighted by atomic mass is 32.2. The molecule has 18 heavy (non-hydrogen) atoms. The van der Waals surface area contributed by atoms with Crippen LogP contribution in [-0.2, 0) is 4.79 Å². The number of hydrogen-bond acceptors (Lipinski definition) is 3. The summed E-state index contributed by atoms with van der Waals surface area (Å²) in [5, 5.41) is 9.22. The second-order valence-corrected chi connectivity index (χ2v) is 5.84. The van der Waals surface area contributed by atoms with Gasteiger partial charge < -0.3 is 10.0 Å². The first-order valence-corrected chi connectivity index (χ1v) is 7.21. The number of carbonyl (C=O) groups is 1. The molecule has 0 aliphatic carbocycles. The summed E-state index contributed by atoms with van der Waals surface area (Å²) < 4.78 is 0. The van der Waals surface area contributed by atoms with Crippen LogP contribution in [-0.4, -0.2) is 27.9 Å². The van der Waals surface area contributed by atoms with Gasteiger partial charge in [0.2, 0.25) is 0 Å². The predicted molar refractivity (Wildman–Crippen MR) is 78.6 cm³/mol. The molecule has 96 valence electrons. The molecule has 0 saturated carbocycles. The fraction of sp³-hybridized carbons (Fsp3) is 0.385. The summed E-state index contributed by atoms with van der Waals surface area (Å²) in [7, 11) is 0. The average Bonchev–Trinajstić information content (AvgIpc) is 2.34. The number of thioether (sulfide) groups is 1. The number of carboxylic acids is 1. The molecule has 1 aromatic rings. The van der Waals surface area contributed by atoms with Gasteiger partial charge in [-0.3, -0.25) is 4.79 Å². The third-order valence-electron chi connectivity index (χ3n) is 2.81. The van der Waals surface area contributed by atoms with Crippen molar-refractivity contribution in [3.8, 4) is 0 Å². The van der Waals surface area contributed by atoms with E-state index in [2.05, 4.69) is 6.92 Å². The van der Waals surface area contributed by atoms with Crippen LogP contribution in [0.2, 0.25) is 0 Å². The lowest BCUT2D eigenvalue weighted by Crippen LogP contribution is -2.42. The van der Waals surface area contributed by atoms with Gasteiger partial charge in [0.1, 0.15) is 6.54 Å². The normalized spacial score (nSPS) is 18.6. The number of anilines is 1. The summed E-state index contributed by atoms with van der Waals surface area (Å²) in [5.41, 5.74) is 0.919. The van der Waals surface area contributed by atoms with Crippen LogP contribution in [0.1, 0.15) is 19.8 Å². The number of hydrogen-bond donors (Lipinski definition) is 1. The van der Waals surface area contributed by atoms with Gasteiger partial charge in [-0.1, -0.05) is 37.7 Å². The van der Waals surface area contributed by atoms with Crippen LogP contribution in [0.4, 0.5) is 5.69 Å². The van der Waals surface area contributed by atoms with Gasteiger partial charge in [0.25, 0.3) is 0 Å². The van der Waals surface area contributed by atoms with Crippen molar-refractivity contribution in [2.24, 2.45) is 0 Å². The third kappa shape index (κ3) is 2.67. The molecule has 2 rings (SSSR count). The van der Waals surface area contributed by atoms with Gasteiger partial charge in [-0.15, -0.1) is 11.8 Å². The minimum absolute atomic E-state index is 0.0589. The summed E-state index contributed by atoms with van der Waals surface area (Å²) in [6.07, 6.45) is 2.02. The third-order valence-corrected chi connectivity index (χ3v) is 4.81. The number of aliphatic carboxylic acids is 1. The van der Waals surface area contributed by atoms with Crippen LogP contribution in [0.15, 0.2) is 29.2 Å². The summed E-state index contributed by atoms with van der Waals surface area (Å²) in [5.74, 6) is -0.852. The molecule has 0 bridgehead atoms. The zero-order valence-corrected chi connectivity index (χ0v) is 11.8. The van der Waals surface area contributed by atoms with Crippen molar-refractivity contribution in [3.63, 3.8) is 0 Å². The Labute approximate surface area is 116 Å². The number of fused-ring (bicyclic) bond motifs is 1. The molecule has 3 nitrogen and oxygen atoms in total. The molecule has 0 saturated heterocycles. The van der Waals surface area contributed by atoms with E-state index in [1.165, 1.54) is 0 Å². The molecule has 1 atom stereocenters. The van der Waals surface area contributed by atoms with Gasteiger partial charge in [-0.05, 0) is 18.6 Å². The minimum Gasteiger partial charge on any atom is -0.480 e. The first-order valence-electron chi connectivity index (χ1n) is 5.92. The van der Waals surface area contributed by atoms with Crippen LogP contribution in [0.25, 0.3) is 0 Å². The van der Waals surface area contributed by atoms with Gasteiger partial charge in [-0.2, -0.15) is 0 Å². The Bertz CT molecular complexity index is 476. The van der Waals surface area contributed by atoms with E-state index in [4.69, 9.17) is 17.3 Å². The number of thiocarbonyl (C=S) groups is 1. The Morgan fingerprint density at radius 3 is 2.89 bits per heavy atom. The van der Waals surface area contributed by atoms with Crippen molar-refractivity contribution in [2.45, 2.75) is 29.9 Å². The summed E-state index contributed by atoms with van der Waals surface area (Å²) in [6.45, 7) is 2.06. The van der Waals surface area contributed by atoms with Crippen molar-refractivity contribution < 1.29 is 9.90 Å². The lowest BCUT2D eigenvalue weighted by Gasteiger charge is -2.35. The molecular formula is C13H15NO2S2. The smallest absolute Gasteiger partial charge is 0.323 e. The molecule has 1 heterocycles. The monoisotopic (exact) mass is 281 g/mol. The molecule has 0 aromatic heterocycles. The standard InChI is InChI=1S/C13H15NO2S2/c1-2-5-11-13(17)14(8-12(15)16)9-6-3-4-7-10(9)18-11/h3-4,6-7,11H,2,5,8H2,1H3,(H,15,16). The molecule has 1 unspecified atom stereocenters. The molecule has 0 spiro atoms. The van der Waals surface area contributed by atoms with Crippen molar-refractivity contribution in [3.05, 3.63) is 24.3 Å². The van der Waals surface area contributed by atoms with Crippen LogP contribution in [0.5, 0.6) is 0 Å². The Morgan fingerprint density at radius 1 is 1.50 bits per heavy atom. The topological polar surface area (TPSA) is 40.5 Å². The molecule has 1 aliphatic rings. The first kappa shape index (κ1) is 13.4. The van der Waals surface area contributed by atoms with Gasteiger partial charge in [-0.25, -0.2) is 0 Å². The second kappa shape index (κ2) is 5.71. The van der Waals surface area contributed by atoms with E-state index < -0.39 is 5.97 Å². The zero-order chi connectivity index (χ0) is 13.1. The lowest BCUT2D eigenvalue weighted by molar-refractivity contribution is -0.135. The van der Waals surface area contributed by atoms with Crippen LogP contribution in [0.3, 0.4) is 0 Å². The van der Waals surface area contributed by atoms with E-state index >= 15 is 0 Å². The maximum Gasteiger partial charge on any atom is 0.323 e. The number of nitrogens with zero attached hydrogens (tertiary/aromatic N) is 1. The highest BCUT2D eigenvalue weighted by Gasteiger charge is 2.30. The SMILES string of the molecule is CCCC1Sc2ccccc2N(CC(=O)O)C1=S. The molecule has 1 N–H and O–H groups in total. The van der Waals surface area contributed by atoms with Gasteiger partial charge in [0, 0.05) is 4.90 Å². The van der Waals surface area contributed by atoms with E-state index in [1.54, 1.807) is 16.7 Å². The molecule has 1 aliphatic heterocycles.